The van der Waals surface area contributed by atoms with Crippen molar-refractivity contribution in [1.82, 2.24) is 10.2 Å². The van der Waals surface area contributed by atoms with E-state index in [9.17, 15) is 9.90 Å². The van der Waals surface area contributed by atoms with Crippen LogP contribution in [0.2, 0.25) is 0 Å². The third-order valence-electron chi connectivity index (χ3n) is 4.78. The van der Waals surface area contributed by atoms with Crippen molar-refractivity contribution in [2.75, 3.05) is 19.6 Å². The SMILES string of the molecule is CCC1CCN(CCC(C)(NC2CC2)C(=O)O)CC1. The summed E-state index contributed by atoms with van der Waals surface area (Å²) in [6.45, 7) is 7.28. The van der Waals surface area contributed by atoms with E-state index in [2.05, 4.69) is 17.1 Å². The maximum atomic E-state index is 11.5. The molecular weight excluding hydrogens is 240 g/mol. The van der Waals surface area contributed by atoms with Gasteiger partial charge >= 0.3 is 5.97 Å². The minimum atomic E-state index is -0.747. The monoisotopic (exact) mass is 268 g/mol. The number of piperidine rings is 1. The number of carboxylic acids is 1. The molecule has 2 aliphatic rings. The van der Waals surface area contributed by atoms with Crippen molar-refractivity contribution in [3.05, 3.63) is 0 Å². The lowest BCUT2D eigenvalue weighted by Crippen LogP contribution is -2.52. The molecule has 19 heavy (non-hydrogen) atoms. The highest BCUT2D eigenvalue weighted by Crippen LogP contribution is 2.25. The first kappa shape index (κ1) is 14.8. The lowest BCUT2D eigenvalue weighted by atomic mass is 9.93. The molecule has 2 fully saturated rings. The van der Waals surface area contributed by atoms with Crippen molar-refractivity contribution < 1.29 is 9.90 Å². The van der Waals surface area contributed by atoms with Gasteiger partial charge in [0.2, 0.25) is 0 Å². The van der Waals surface area contributed by atoms with E-state index >= 15 is 0 Å². The summed E-state index contributed by atoms with van der Waals surface area (Å²) >= 11 is 0. The van der Waals surface area contributed by atoms with Crippen molar-refractivity contribution in [2.24, 2.45) is 5.92 Å². The Morgan fingerprint density at radius 1 is 1.32 bits per heavy atom. The summed E-state index contributed by atoms with van der Waals surface area (Å²) in [5, 5.41) is 12.7. The zero-order valence-corrected chi connectivity index (χ0v) is 12.3. The van der Waals surface area contributed by atoms with Crippen LogP contribution in [-0.4, -0.2) is 47.2 Å². The largest absolute Gasteiger partial charge is 0.480 e. The second-order valence-corrected chi connectivity index (χ2v) is 6.50. The van der Waals surface area contributed by atoms with Crippen molar-refractivity contribution >= 4 is 5.97 Å². The predicted molar refractivity (Wildman–Crippen MR) is 76.3 cm³/mol. The van der Waals surface area contributed by atoms with Crippen LogP contribution in [0.1, 0.15) is 52.4 Å². The number of hydrogen-bond donors (Lipinski definition) is 2. The molecule has 0 amide bonds. The lowest BCUT2D eigenvalue weighted by Gasteiger charge is -2.34. The van der Waals surface area contributed by atoms with E-state index in [1.807, 2.05) is 6.92 Å². The summed E-state index contributed by atoms with van der Waals surface area (Å²) in [5.41, 5.74) is -0.747. The van der Waals surface area contributed by atoms with Crippen molar-refractivity contribution in [1.29, 1.82) is 0 Å². The molecule has 1 unspecified atom stereocenters. The first-order chi connectivity index (χ1) is 9.03. The van der Waals surface area contributed by atoms with Crippen LogP contribution in [0, 0.1) is 5.92 Å². The van der Waals surface area contributed by atoms with Crippen LogP contribution in [0.5, 0.6) is 0 Å². The van der Waals surface area contributed by atoms with Crippen molar-refractivity contribution in [3.8, 4) is 0 Å². The molecule has 0 spiro atoms. The molecule has 0 bridgehead atoms. The van der Waals surface area contributed by atoms with Gasteiger partial charge in [0.25, 0.3) is 0 Å². The number of hydrogen-bond acceptors (Lipinski definition) is 3. The van der Waals surface area contributed by atoms with Gasteiger partial charge in [-0.1, -0.05) is 13.3 Å². The summed E-state index contributed by atoms with van der Waals surface area (Å²) < 4.78 is 0. The van der Waals surface area contributed by atoms with Gasteiger partial charge in [-0.3, -0.25) is 10.1 Å². The molecule has 1 saturated heterocycles. The van der Waals surface area contributed by atoms with Crippen LogP contribution >= 0.6 is 0 Å². The molecule has 2 N–H and O–H groups in total. The Labute approximate surface area is 116 Å². The Balaban J connectivity index is 1.77. The van der Waals surface area contributed by atoms with Crippen LogP contribution in [0.3, 0.4) is 0 Å². The van der Waals surface area contributed by atoms with E-state index in [1.54, 1.807) is 0 Å². The number of nitrogens with one attached hydrogen (secondary N) is 1. The number of likely N-dealkylation sites (tertiary alicyclic amines) is 1. The summed E-state index contributed by atoms with van der Waals surface area (Å²) in [4.78, 5) is 13.9. The van der Waals surface area contributed by atoms with E-state index in [0.29, 0.717) is 12.5 Å². The maximum absolute atomic E-state index is 11.5. The van der Waals surface area contributed by atoms with Crippen LogP contribution in [0.15, 0.2) is 0 Å². The molecular formula is C15H28N2O2. The second-order valence-electron chi connectivity index (χ2n) is 6.50. The molecule has 110 valence electrons. The standard InChI is InChI=1S/C15H28N2O2/c1-3-12-6-9-17(10-7-12)11-8-15(2,14(18)19)16-13-4-5-13/h12-13,16H,3-11H2,1-2H3,(H,18,19). The average Bonchev–Trinajstić information content (AvgIpc) is 3.20. The Morgan fingerprint density at radius 3 is 2.42 bits per heavy atom. The quantitative estimate of drug-likeness (QED) is 0.742. The fourth-order valence-electron chi connectivity index (χ4n) is 2.92. The van der Waals surface area contributed by atoms with Gasteiger partial charge in [0.05, 0.1) is 0 Å². The highest BCUT2D eigenvalue weighted by Gasteiger charge is 2.38. The van der Waals surface area contributed by atoms with Gasteiger partial charge in [0.1, 0.15) is 5.54 Å². The van der Waals surface area contributed by atoms with E-state index in [-0.39, 0.29) is 0 Å². The van der Waals surface area contributed by atoms with Gasteiger partial charge in [-0.05, 0) is 58.0 Å². The first-order valence-corrected chi connectivity index (χ1v) is 7.77. The number of carbonyl (C=O) groups is 1. The smallest absolute Gasteiger partial charge is 0.323 e. The lowest BCUT2D eigenvalue weighted by molar-refractivity contribution is -0.144. The molecule has 1 atom stereocenters. The molecule has 0 radical (unpaired) electrons. The Morgan fingerprint density at radius 2 is 1.95 bits per heavy atom. The molecule has 4 heteroatoms. The normalized spacial score (nSPS) is 25.2. The number of aliphatic carboxylic acids is 1. The van der Waals surface area contributed by atoms with E-state index in [4.69, 9.17) is 0 Å². The van der Waals surface area contributed by atoms with Gasteiger partial charge < -0.3 is 10.0 Å². The minimum Gasteiger partial charge on any atom is -0.480 e. The Bertz CT molecular complexity index is 309. The number of rotatable bonds is 7. The van der Waals surface area contributed by atoms with Gasteiger partial charge in [-0.2, -0.15) is 0 Å². The third kappa shape index (κ3) is 4.18. The first-order valence-electron chi connectivity index (χ1n) is 7.77. The van der Waals surface area contributed by atoms with Gasteiger partial charge in [0, 0.05) is 12.6 Å². The van der Waals surface area contributed by atoms with Crippen LogP contribution in [0.4, 0.5) is 0 Å². The zero-order chi connectivity index (χ0) is 13.9. The van der Waals surface area contributed by atoms with Gasteiger partial charge in [0.15, 0.2) is 0 Å². The molecule has 1 saturated carbocycles. The minimum absolute atomic E-state index is 0.437. The second kappa shape index (κ2) is 6.23. The topological polar surface area (TPSA) is 52.6 Å². The Kier molecular flexibility index (Phi) is 4.85. The molecule has 2 rings (SSSR count). The van der Waals surface area contributed by atoms with Crippen molar-refractivity contribution in [3.63, 3.8) is 0 Å². The molecule has 1 heterocycles. The van der Waals surface area contributed by atoms with E-state index < -0.39 is 11.5 Å². The fraction of sp³-hybridized carbons (Fsp3) is 0.933. The number of carboxylic acid groups (broad SMARTS) is 1. The summed E-state index contributed by atoms with van der Waals surface area (Å²) in [6.07, 6.45) is 6.79. The molecule has 0 aromatic rings. The summed E-state index contributed by atoms with van der Waals surface area (Å²) in [6, 6.07) is 0.437. The molecule has 4 nitrogen and oxygen atoms in total. The molecule has 1 aliphatic heterocycles. The van der Waals surface area contributed by atoms with Crippen LogP contribution in [0.25, 0.3) is 0 Å². The van der Waals surface area contributed by atoms with E-state index in [1.165, 1.54) is 19.3 Å². The molecule has 0 aromatic heterocycles. The van der Waals surface area contributed by atoms with Crippen LogP contribution < -0.4 is 5.32 Å². The van der Waals surface area contributed by atoms with Gasteiger partial charge in [-0.25, -0.2) is 0 Å². The average molecular weight is 268 g/mol. The predicted octanol–water partition coefficient (Wildman–Crippen LogP) is 2.09. The summed E-state index contributed by atoms with van der Waals surface area (Å²) in [7, 11) is 0. The fourth-order valence-corrected chi connectivity index (χ4v) is 2.92. The summed E-state index contributed by atoms with van der Waals surface area (Å²) in [5.74, 6) is 0.176. The zero-order valence-electron chi connectivity index (χ0n) is 12.3. The maximum Gasteiger partial charge on any atom is 0.323 e. The molecule has 0 aromatic carbocycles. The highest BCUT2D eigenvalue weighted by molar-refractivity contribution is 5.78. The molecule has 1 aliphatic carbocycles. The van der Waals surface area contributed by atoms with E-state index in [0.717, 1.165) is 38.4 Å². The third-order valence-corrected chi connectivity index (χ3v) is 4.78. The number of nitrogens with zero attached hydrogens (tertiary/aromatic N) is 1. The highest BCUT2D eigenvalue weighted by atomic mass is 16.4. The van der Waals surface area contributed by atoms with Crippen LogP contribution in [-0.2, 0) is 4.79 Å². The van der Waals surface area contributed by atoms with Crippen molar-refractivity contribution in [2.45, 2.75) is 64.0 Å². The Hall–Kier alpha value is -0.610. The van der Waals surface area contributed by atoms with Gasteiger partial charge in [-0.15, -0.1) is 0 Å².